The van der Waals surface area contributed by atoms with Crippen molar-refractivity contribution in [2.75, 3.05) is 20.3 Å². The number of allylic oxidation sites excluding steroid dienone is 2. The fraction of sp³-hybridized carbons (Fsp3) is 0.560. The Morgan fingerprint density at radius 3 is 2.65 bits per heavy atom. The normalized spacial score (nSPS) is 20.8. The molecule has 3 rings (SSSR count). The molecule has 1 aliphatic heterocycles. The largest absolute Gasteiger partial charge is 0.493 e. The van der Waals surface area contributed by atoms with E-state index >= 15 is 0 Å². The summed E-state index contributed by atoms with van der Waals surface area (Å²) in [4.78, 5) is 30.8. The van der Waals surface area contributed by atoms with Crippen molar-refractivity contribution in [3.05, 3.63) is 35.0 Å². The first-order valence-electron chi connectivity index (χ1n) is 11.3. The van der Waals surface area contributed by atoms with Crippen LogP contribution in [0.2, 0.25) is 0 Å². The number of nitrogens with zero attached hydrogens (tertiary/aromatic N) is 1. The molecule has 1 aromatic carbocycles. The molecule has 0 N–H and O–H groups in total. The number of benzene rings is 1. The van der Waals surface area contributed by atoms with Crippen LogP contribution in [0.5, 0.6) is 11.5 Å². The average molecular weight is 428 g/mol. The topological polar surface area (TPSA) is 74.2 Å². The third-order valence-electron chi connectivity index (χ3n) is 5.84. The molecule has 168 valence electrons. The van der Waals surface area contributed by atoms with E-state index < -0.39 is 11.8 Å². The fourth-order valence-corrected chi connectivity index (χ4v) is 4.29. The van der Waals surface area contributed by atoms with Gasteiger partial charge in [-0.25, -0.2) is 0 Å². The molecular weight excluding hydrogens is 394 g/mol. The van der Waals surface area contributed by atoms with Gasteiger partial charge >= 0.3 is 5.97 Å². The summed E-state index contributed by atoms with van der Waals surface area (Å²) in [5.74, 6) is -0.0578. The van der Waals surface area contributed by atoms with E-state index in [9.17, 15) is 9.59 Å². The molecule has 0 bridgehead atoms. The van der Waals surface area contributed by atoms with Crippen LogP contribution in [0.1, 0.15) is 70.8 Å². The van der Waals surface area contributed by atoms with Gasteiger partial charge in [-0.2, -0.15) is 0 Å². The van der Waals surface area contributed by atoms with Gasteiger partial charge in [0.15, 0.2) is 17.3 Å². The number of hydrogen-bond donors (Lipinski definition) is 0. The molecule has 31 heavy (non-hydrogen) atoms. The Kier molecular flexibility index (Phi) is 7.88. The molecule has 0 amide bonds. The maximum atomic E-state index is 13.1. The first kappa shape index (κ1) is 23.0. The van der Waals surface area contributed by atoms with Crippen molar-refractivity contribution in [1.82, 2.24) is 0 Å². The van der Waals surface area contributed by atoms with Gasteiger partial charge in [0.05, 0.1) is 20.3 Å². The molecule has 0 spiro atoms. The van der Waals surface area contributed by atoms with Crippen molar-refractivity contribution in [3.8, 4) is 11.5 Å². The van der Waals surface area contributed by atoms with Crippen LogP contribution in [0.25, 0.3) is 0 Å². The number of esters is 1. The molecule has 1 aliphatic carbocycles. The van der Waals surface area contributed by atoms with Gasteiger partial charge in [-0.1, -0.05) is 26.3 Å². The lowest BCUT2D eigenvalue weighted by Crippen LogP contribution is -2.37. The number of Topliss-reactive ketones (excluding diaryl/α,β-unsaturated/α-hetero) is 1. The van der Waals surface area contributed by atoms with Gasteiger partial charge in [-0.15, -0.1) is 0 Å². The lowest BCUT2D eigenvalue weighted by atomic mass is 9.71. The number of methoxy groups -OCH3 is 1. The number of carbonyl (C=O) groups excluding carboxylic acids is 2. The van der Waals surface area contributed by atoms with E-state index in [2.05, 4.69) is 11.9 Å². The number of ketones is 1. The second kappa shape index (κ2) is 10.6. The molecule has 0 saturated carbocycles. The second-order valence-corrected chi connectivity index (χ2v) is 8.13. The predicted molar refractivity (Wildman–Crippen MR) is 120 cm³/mol. The summed E-state index contributed by atoms with van der Waals surface area (Å²) in [6.07, 6.45) is 4.67. The Hall–Kier alpha value is -2.63. The molecule has 1 heterocycles. The molecule has 6 heteroatoms. The third kappa shape index (κ3) is 5.00. The predicted octanol–water partition coefficient (Wildman–Crippen LogP) is 5.01. The third-order valence-corrected chi connectivity index (χ3v) is 5.84. The van der Waals surface area contributed by atoms with E-state index in [0.717, 1.165) is 43.4 Å². The van der Waals surface area contributed by atoms with Crippen LogP contribution in [0.3, 0.4) is 0 Å². The lowest BCUT2D eigenvalue weighted by Gasteiger charge is -2.34. The molecule has 6 nitrogen and oxygen atoms in total. The smallest absolute Gasteiger partial charge is 0.315 e. The van der Waals surface area contributed by atoms with Gasteiger partial charge in [0.1, 0.15) is 5.92 Å². The summed E-state index contributed by atoms with van der Waals surface area (Å²) in [7, 11) is 1.60. The van der Waals surface area contributed by atoms with Crippen LogP contribution in [-0.2, 0) is 14.3 Å². The number of rotatable bonds is 9. The molecule has 2 aliphatic rings. The minimum absolute atomic E-state index is 0.0686. The van der Waals surface area contributed by atoms with Crippen molar-refractivity contribution < 1.29 is 23.8 Å². The Morgan fingerprint density at radius 1 is 1.13 bits per heavy atom. The van der Waals surface area contributed by atoms with Gasteiger partial charge in [0, 0.05) is 29.3 Å². The van der Waals surface area contributed by atoms with E-state index in [0.29, 0.717) is 42.4 Å². The van der Waals surface area contributed by atoms with E-state index in [1.165, 1.54) is 0 Å². The summed E-state index contributed by atoms with van der Waals surface area (Å²) < 4.78 is 16.9. The van der Waals surface area contributed by atoms with Gasteiger partial charge in [0.25, 0.3) is 0 Å². The quantitative estimate of drug-likeness (QED) is 0.409. The maximum absolute atomic E-state index is 13.1. The standard InChI is InChI=1S/C25H33NO5/c1-5-7-14-31-25(28)22-16(3)26-18-9-8-10-19(27)24(18)23(22)17-11-12-20(30-13-6-2)21(15-17)29-4/h11-12,15,22-23H,5-10,13-14H2,1-4H3/t22?,23-/m0/s1. The van der Waals surface area contributed by atoms with E-state index in [4.69, 9.17) is 14.2 Å². The molecule has 1 unspecified atom stereocenters. The van der Waals surface area contributed by atoms with Crippen LogP contribution in [0.15, 0.2) is 34.5 Å². The van der Waals surface area contributed by atoms with Crippen LogP contribution in [0, 0.1) is 5.92 Å². The molecular formula is C25H33NO5. The number of unbranched alkanes of at least 4 members (excludes halogenated alkanes) is 1. The highest BCUT2D eigenvalue weighted by Crippen LogP contribution is 2.45. The number of ether oxygens (including phenoxy) is 3. The van der Waals surface area contributed by atoms with Gasteiger partial charge < -0.3 is 14.2 Å². The van der Waals surface area contributed by atoms with Crippen molar-refractivity contribution in [3.63, 3.8) is 0 Å². The highest BCUT2D eigenvalue weighted by molar-refractivity contribution is 6.08. The summed E-state index contributed by atoms with van der Waals surface area (Å²) >= 11 is 0. The van der Waals surface area contributed by atoms with E-state index in [1.807, 2.05) is 32.0 Å². The summed E-state index contributed by atoms with van der Waals surface area (Å²) in [6.45, 7) is 6.92. The Morgan fingerprint density at radius 2 is 1.94 bits per heavy atom. The minimum atomic E-state index is -0.621. The van der Waals surface area contributed by atoms with Crippen molar-refractivity contribution in [1.29, 1.82) is 0 Å². The number of carbonyl (C=O) groups is 2. The SMILES string of the molecule is CCCCOC(=O)C1C(C)=NC2=C(C(=O)CCC2)[C@H]1c1ccc(OCCC)c(OC)c1. The zero-order valence-electron chi connectivity index (χ0n) is 19.0. The zero-order chi connectivity index (χ0) is 22.4. The average Bonchev–Trinajstić information content (AvgIpc) is 2.76. The van der Waals surface area contributed by atoms with Crippen LogP contribution in [0.4, 0.5) is 0 Å². The zero-order valence-corrected chi connectivity index (χ0v) is 19.0. The number of hydrogen-bond acceptors (Lipinski definition) is 6. The minimum Gasteiger partial charge on any atom is -0.493 e. The van der Waals surface area contributed by atoms with Crippen molar-refractivity contribution in [2.45, 2.75) is 65.2 Å². The maximum Gasteiger partial charge on any atom is 0.315 e. The highest BCUT2D eigenvalue weighted by Gasteiger charge is 2.43. The molecule has 0 fully saturated rings. The fourth-order valence-electron chi connectivity index (χ4n) is 4.29. The summed E-state index contributed by atoms with van der Waals surface area (Å²) in [5, 5.41) is 0. The van der Waals surface area contributed by atoms with Gasteiger partial charge in [-0.3, -0.25) is 14.6 Å². The summed E-state index contributed by atoms with van der Waals surface area (Å²) in [6, 6.07) is 5.67. The first-order chi connectivity index (χ1) is 15.0. The second-order valence-electron chi connectivity index (χ2n) is 8.13. The van der Waals surface area contributed by atoms with Crippen molar-refractivity contribution >= 4 is 17.5 Å². The molecule has 0 aromatic heterocycles. The van der Waals surface area contributed by atoms with Crippen LogP contribution < -0.4 is 9.47 Å². The van der Waals surface area contributed by atoms with E-state index in [-0.39, 0.29) is 11.8 Å². The Bertz CT molecular complexity index is 886. The number of aliphatic imine (C=N–C) groups is 1. The Labute approximate surface area is 184 Å². The van der Waals surface area contributed by atoms with Crippen LogP contribution in [-0.4, -0.2) is 37.8 Å². The molecule has 0 saturated heterocycles. The lowest BCUT2D eigenvalue weighted by molar-refractivity contribution is -0.146. The molecule has 2 atom stereocenters. The van der Waals surface area contributed by atoms with Gasteiger partial charge in [-0.05, 0) is 50.3 Å². The van der Waals surface area contributed by atoms with E-state index in [1.54, 1.807) is 7.11 Å². The monoisotopic (exact) mass is 427 g/mol. The Balaban J connectivity index is 2.04. The highest BCUT2D eigenvalue weighted by atomic mass is 16.5. The van der Waals surface area contributed by atoms with Crippen molar-refractivity contribution in [2.24, 2.45) is 10.9 Å². The molecule has 1 aromatic rings. The van der Waals surface area contributed by atoms with Gasteiger partial charge in [0.2, 0.25) is 0 Å². The first-order valence-corrected chi connectivity index (χ1v) is 11.3. The molecule has 0 radical (unpaired) electrons. The summed E-state index contributed by atoms with van der Waals surface area (Å²) in [5.41, 5.74) is 3.00. The van der Waals surface area contributed by atoms with Crippen LogP contribution >= 0.6 is 0 Å².